The molecule has 0 bridgehead atoms. The number of carbonyl (C=O) groups is 4. The van der Waals surface area contributed by atoms with E-state index in [2.05, 4.69) is 16.0 Å². The van der Waals surface area contributed by atoms with E-state index in [1.54, 1.807) is 34.6 Å². The fourth-order valence-corrected chi connectivity index (χ4v) is 1.59. The first-order chi connectivity index (χ1) is 10.8. The van der Waals surface area contributed by atoms with Crippen molar-refractivity contribution < 1.29 is 29.0 Å². The zero-order valence-corrected chi connectivity index (χ0v) is 14.9. The van der Waals surface area contributed by atoms with Crippen LogP contribution in [0.5, 0.6) is 0 Å². The standard InChI is InChI=1S/C15H27N3O6/c1-8(2)11(12(20)17-9(3)13(21)22)18-10(19)7-16-14(23)24-15(4,5)6/h8-9,11H,7H2,1-6H3,(H,16,23)(H,17,20)(H,18,19)(H,21,22)/t9-,11-/m0/s1. The first kappa shape index (κ1) is 21.7. The third-order valence-corrected chi connectivity index (χ3v) is 2.79. The molecular weight excluding hydrogens is 318 g/mol. The van der Waals surface area contributed by atoms with E-state index in [1.165, 1.54) is 6.92 Å². The van der Waals surface area contributed by atoms with Crippen molar-refractivity contribution in [2.45, 2.75) is 59.2 Å². The molecule has 0 saturated heterocycles. The Labute approximate surface area is 141 Å². The van der Waals surface area contributed by atoms with Gasteiger partial charge >= 0.3 is 12.1 Å². The zero-order valence-electron chi connectivity index (χ0n) is 14.9. The van der Waals surface area contributed by atoms with Gasteiger partial charge in [-0.2, -0.15) is 0 Å². The molecule has 0 rings (SSSR count). The molecule has 24 heavy (non-hydrogen) atoms. The van der Waals surface area contributed by atoms with Crippen molar-refractivity contribution in [2.24, 2.45) is 5.92 Å². The monoisotopic (exact) mass is 345 g/mol. The summed E-state index contributed by atoms with van der Waals surface area (Å²) in [6.45, 7) is 9.44. The second-order valence-corrected chi connectivity index (χ2v) is 6.71. The molecule has 9 heteroatoms. The number of carboxylic acid groups (broad SMARTS) is 1. The highest BCUT2D eigenvalue weighted by Crippen LogP contribution is 2.06. The number of carbonyl (C=O) groups excluding carboxylic acids is 3. The van der Waals surface area contributed by atoms with E-state index in [9.17, 15) is 19.2 Å². The van der Waals surface area contributed by atoms with Gasteiger partial charge in [-0.1, -0.05) is 13.8 Å². The normalized spacial score (nSPS) is 13.6. The maximum atomic E-state index is 12.1. The van der Waals surface area contributed by atoms with E-state index in [4.69, 9.17) is 9.84 Å². The van der Waals surface area contributed by atoms with Crippen molar-refractivity contribution in [1.29, 1.82) is 0 Å². The van der Waals surface area contributed by atoms with Crippen LogP contribution in [-0.4, -0.2) is 53.2 Å². The summed E-state index contributed by atoms with van der Waals surface area (Å²) < 4.78 is 4.99. The molecule has 0 aromatic heterocycles. The average molecular weight is 345 g/mol. The van der Waals surface area contributed by atoms with Crippen LogP contribution in [0, 0.1) is 5.92 Å². The van der Waals surface area contributed by atoms with Gasteiger partial charge in [0.2, 0.25) is 11.8 Å². The van der Waals surface area contributed by atoms with Gasteiger partial charge in [-0.3, -0.25) is 14.4 Å². The number of aliphatic carboxylic acids is 1. The number of alkyl carbamates (subject to hydrolysis) is 1. The van der Waals surface area contributed by atoms with Gasteiger partial charge in [0, 0.05) is 0 Å². The molecule has 0 saturated carbocycles. The van der Waals surface area contributed by atoms with Gasteiger partial charge < -0.3 is 25.8 Å². The van der Waals surface area contributed by atoms with Crippen molar-refractivity contribution >= 4 is 23.9 Å². The lowest BCUT2D eigenvalue weighted by molar-refractivity contribution is -0.141. The molecule has 2 atom stereocenters. The summed E-state index contributed by atoms with van der Waals surface area (Å²) in [6, 6.07) is -1.99. The van der Waals surface area contributed by atoms with Crippen molar-refractivity contribution in [2.75, 3.05) is 6.54 Å². The third-order valence-electron chi connectivity index (χ3n) is 2.79. The van der Waals surface area contributed by atoms with Gasteiger partial charge in [0.15, 0.2) is 0 Å². The van der Waals surface area contributed by atoms with Gasteiger partial charge in [-0.25, -0.2) is 4.79 Å². The summed E-state index contributed by atoms with van der Waals surface area (Å²) in [7, 11) is 0. The van der Waals surface area contributed by atoms with Crippen LogP contribution in [0.25, 0.3) is 0 Å². The Morgan fingerprint density at radius 1 is 1.04 bits per heavy atom. The minimum Gasteiger partial charge on any atom is -0.480 e. The minimum absolute atomic E-state index is 0.267. The van der Waals surface area contributed by atoms with Gasteiger partial charge in [0.25, 0.3) is 0 Å². The Bertz CT molecular complexity index is 484. The lowest BCUT2D eigenvalue weighted by atomic mass is 10.0. The van der Waals surface area contributed by atoms with Gasteiger partial charge in [0.1, 0.15) is 24.2 Å². The number of nitrogens with one attached hydrogen (secondary N) is 3. The highest BCUT2D eigenvalue weighted by Gasteiger charge is 2.27. The van der Waals surface area contributed by atoms with Gasteiger partial charge in [0.05, 0.1) is 0 Å². The first-order valence-electron chi connectivity index (χ1n) is 7.63. The number of hydrogen-bond donors (Lipinski definition) is 4. The van der Waals surface area contributed by atoms with E-state index in [-0.39, 0.29) is 12.5 Å². The molecule has 138 valence electrons. The van der Waals surface area contributed by atoms with Crippen molar-refractivity contribution in [1.82, 2.24) is 16.0 Å². The summed E-state index contributed by atoms with van der Waals surface area (Å²) in [6.07, 6.45) is -0.748. The Morgan fingerprint density at radius 2 is 1.58 bits per heavy atom. The minimum atomic E-state index is -1.18. The molecule has 0 aliphatic heterocycles. The number of ether oxygens (including phenoxy) is 1. The van der Waals surface area contributed by atoms with E-state index in [0.29, 0.717) is 0 Å². The van der Waals surface area contributed by atoms with Gasteiger partial charge in [-0.15, -0.1) is 0 Å². The van der Waals surface area contributed by atoms with Crippen LogP contribution in [0.4, 0.5) is 4.79 Å². The third kappa shape index (κ3) is 8.96. The predicted molar refractivity (Wildman–Crippen MR) is 86.2 cm³/mol. The van der Waals surface area contributed by atoms with E-state index >= 15 is 0 Å². The maximum absolute atomic E-state index is 12.1. The van der Waals surface area contributed by atoms with Crippen LogP contribution in [0.2, 0.25) is 0 Å². The van der Waals surface area contributed by atoms with Crippen LogP contribution in [0.3, 0.4) is 0 Å². The number of amides is 3. The molecule has 0 heterocycles. The van der Waals surface area contributed by atoms with Gasteiger partial charge in [-0.05, 0) is 33.6 Å². The van der Waals surface area contributed by atoms with Crippen LogP contribution in [-0.2, 0) is 19.1 Å². The van der Waals surface area contributed by atoms with Crippen LogP contribution in [0.15, 0.2) is 0 Å². The summed E-state index contributed by atoms with van der Waals surface area (Å²) in [4.78, 5) is 46.2. The summed E-state index contributed by atoms with van der Waals surface area (Å²) >= 11 is 0. The Balaban J connectivity index is 4.56. The highest BCUT2D eigenvalue weighted by molar-refractivity contribution is 5.91. The Hall–Kier alpha value is -2.32. The number of carboxylic acids is 1. The second-order valence-electron chi connectivity index (χ2n) is 6.71. The fraction of sp³-hybridized carbons (Fsp3) is 0.733. The Morgan fingerprint density at radius 3 is 2.00 bits per heavy atom. The van der Waals surface area contributed by atoms with E-state index in [1.807, 2.05) is 0 Å². The lowest BCUT2D eigenvalue weighted by Gasteiger charge is -2.23. The molecule has 0 radical (unpaired) electrons. The van der Waals surface area contributed by atoms with E-state index < -0.39 is 41.6 Å². The molecule has 0 aliphatic carbocycles. The number of hydrogen-bond acceptors (Lipinski definition) is 5. The van der Waals surface area contributed by atoms with Crippen LogP contribution in [0.1, 0.15) is 41.5 Å². The largest absolute Gasteiger partial charge is 0.480 e. The summed E-state index contributed by atoms with van der Waals surface area (Å²) in [5, 5.41) is 15.9. The zero-order chi connectivity index (χ0) is 19.1. The van der Waals surface area contributed by atoms with E-state index in [0.717, 1.165) is 0 Å². The SMILES string of the molecule is CC(C)[C@H](NC(=O)CNC(=O)OC(C)(C)C)C(=O)N[C@@H](C)C(=O)O. The summed E-state index contributed by atoms with van der Waals surface area (Å²) in [5.74, 6) is -2.64. The smallest absolute Gasteiger partial charge is 0.408 e. The first-order valence-corrected chi connectivity index (χ1v) is 7.63. The molecule has 9 nitrogen and oxygen atoms in total. The molecule has 0 unspecified atom stereocenters. The molecular formula is C15H27N3O6. The molecule has 0 aromatic carbocycles. The van der Waals surface area contributed by atoms with Crippen LogP contribution < -0.4 is 16.0 Å². The second kappa shape index (κ2) is 9.09. The molecule has 4 N–H and O–H groups in total. The predicted octanol–water partition coefficient (Wildman–Crippen LogP) is 0.241. The highest BCUT2D eigenvalue weighted by atomic mass is 16.6. The van der Waals surface area contributed by atoms with Crippen molar-refractivity contribution in [3.8, 4) is 0 Å². The summed E-state index contributed by atoms with van der Waals surface area (Å²) in [5.41, 5.74) is -0.687. The topological polar surface area (TPSA) is 134 Å². The number of rotatable bonds is 7. The molecule has 0 spiro atoms. The van der Waals surface area contributed by atoms with Crippen LogP contribution >= 0.6 is 0 Å². The average Bonchev–Trinajstić information content (AvgIpc) is 2.39. The molecule has 0 fully saturated rings. The van der Waals surface area contributed by atoms with Crippen molar-refractivity contribution in [3.63, 3.8) is 0 Å². The Kier molecular flexibility index (Phi) is 8.21. The van der Waals surface area contributed by atoms with Crippen molar-refractivity contribution in [3.05, 3.63) is 0 Å². The maximum Gasteiger partial charge on any atom is 0.408 e. The quantitative estimate of drug-likeness (QED) is 0.522. The molecule has 3 amide bonds. The molecule has 0 aromatic rings. The molecule has 0 aliphatic rings. The lowest BCUT2D eigenvalue weighted by Crippen LogP contribution is -2.54. The fourth-order valence-electron chi connectivity index (χ4n) is 1.59.